The molecule has 116 valence electrons. The van der Waals surface area contributed by atoms with Gasteiger partial charge in [0.15, 0.2) is 0 Å². The van der Waals surface area contributed by atoms with Crippen LogP contribution in [0.15, 0.2) is 24.3 Å². The van der Waals surface area contributed by atoms with Crippen LogP contribution in [0.1, 0.15) is 37.5 Å². The van der Waals surface area contributed by atoms with Crippen molar-refractivity contribution in [3.63, 3.8) is 0 Å². The number of carbonyl (C=O) groups excluding carboxylic acids is 1. The van der Waals surface area contributed by atoms with Gasteiger partial charge in [0, 0.05) is 6.54 Å². The topological polar surface area (TPSA) is 38.8 Å². The summed E-state index contributed by atoms with van der Waals surface area (Å²) in [5, 5.41) is 0. The Labute approximate surface area is 127 Å². The van der Waals surface area contributed by atoms with Gasteiger partial charge in [0.05, 0.1) is 25.9 Å². The average Bonchev–Trinajstić information content (AvgIpc) is 2.48. The third-order valence-electron chi connectivity index (χ3n) is 3.71. The fraction of sp³-hybridized carbons (Fsp3) is 0.588. The van der Waals surface area contributed by atoms with Crippen LogP contribution < -0.4 is 0 Å². The fourth-order valence-corrected chi connectivity index (χ4v) is 2.80. The predicted octanol–water partition coefficient (Wildman–Crippen LogP) is 2.58. The number of carbonyl (C=O) groups is 1. The molecule has 1 atom stereocenters. The molecule has 1 aromatic carbocycles. The lowest BCUT2D eigenvalue weighted by Gasteiger charge is -2.31. The van der Waals surface area contributed by atoms with Crippen molar-refractivity contribution in [1.82, 2.24) is 4.90 Å². The van der Waals surface area contributed by atoms with E-state index in [0.717, 1.165) is 32.5 Å². The van der Waals surface area contributed by atoms with Crippen LogP contribution in [-0.2, 0) is 20.7 Å². The maximum atomic E-state index is 11.7. The minimum atomic E-state index is -0.157. The van der Waals surface area contributed by atoms with Crippen molar-refractivity contribution < 1.29 is 14.3 Å². The normalized spacial score (nSPS) is 17.6. The van der Waals surface area contributed by atoms with E-state index < -0.39 is 0 Å². The zero-order valence-corrected chi connectivity index (χ0v) is 13.0. The van der Waals surface area contributed by atoms with Crippen molar-refractivity contribution in [3.8, 4) is 0 Å². The molecule has 1 heterocycles. The van der Waals surface area contributed by atoms with E-state index in [1.165, 1.54) is 11.1 Å². The number of esters is 1. The average molecular weight is 291 g/mol. The molecule has 2 rings (SSSR count). The first-order valence-electron chi connectivity index (χ1n) is 7.82. The van der Waals surface area contributed by atoms with Gasteiger partial charge in [0.25, 0.3) is 0 Å². The van der Waals surface area contributed by atoms with Crippen molar-refractivity contribution in [3.05, 3.63) is 35.4 Å². The molecule has 0 saturated carbocycles. The summed E-state index contributed by atoms with van der Waals surface area (Å²) in [5.41, 5.74) is 2.62. The standard InChI is InChI=1S/C17H25NO3/c1-3-10-18(13-17(19)20-4-2)12-16-15-8-6-5-7-14(15)9-11-21-16/h5-8,16H,3-4,9-13H2,1-2H3. The largest absolute Gasteiger partial charge is 0.465 e. The highest BCUT2D eigenvalue weighted by atomic mass is 16.5. The van der Waals surface area contributed by atoms with Crippen molar-refractivity contribution in [2.75, 3.05) is 32.8 Å². The Bertz CT molecular complexity index is 461. The minimum absolute atomic E-state index is 0.0518. The zero-order valence-electron chi connectivity index (χ0n) is 13.0. The van der Waals surface area contributed by atoms with E-state index in [9.17, 15) is 4.79 Å². The molecule has 1 aliphatic heterocycles. The lowest BCUT2D eigenvalue weighted by Crippen LogP contribution is -2.37. The molecule has 0 saturated heterocycles. The second-order valence-corrected chi connectivity index (χ2v) is 5.35. The predicted molar refractivity (Wildman–Crippen MR) is 82.2 cm³/mol. The van der Waals surface area contributed by atoms with Crippen LogP contribution in [0, 0.1) is 0 Å². The van der Waals surface area contributed by atoms with E-state index in [2.05, 4.69) is 36.1 Å². The van der Waals surface area contributed by atoms with Gasteiger partial charge in [-0.2, -0.15) is 0 Å². The van der Waals surface area contributed by atoms with Crippen LogP contribution in [0.2, 0.25) is 0 Å². The maximum Gasteiger partial charge on any atom is 0.320 e. The van der Waals surface area contributed by atoms with Gasteiger partial charge >= 0.3 is 5.97 Å². The van der Waals surface area contributed by atoms with Crippen LogP contribution >= 0.6 is 0 Å². The highest BCUT2D eigenvalue weighted by molar-refractivity contribution is 5.71. The Morgan fingerprint density at radius 1 is 1.38 bits per heavy atom. The van der Waals surface area contributed by atoms with Gasteiger partial charge in [-0.25, -0.2) is 0 Å². The molecule has 0 amide bonds. The summed E-state index contributed by atoms with van der Waals surface area (Å²) < 4.78 is 11.0. The van der Waals surface area contributed by atoms with Gasteiger partial charge in [0.2, 0.25) is 0 Å². The summed E-state index contributed by atoms with van der Waals surface area (Å²) in [7, 11) is 0. The quantitative estimate of drug-likeness (QED) is 0.724. The van der Waals surface area contributed by atoms with Crippen molar-refractivity contribution >= 4 is 5.97 Å². The summed E-state index contributed by atoms with van der Waals surface area (Å²) in [5.74, 6) is -0.157. The summed E-state index contributed by atoms with van der Waals surface area (Å²) in [6.07, 6.45) is 2.03. The van der Waals surface area contributed by atoms with E-state index in [1.807, 2.05) is 6.92 Å². The van der Waals surface area contributed by atoms with Gasteiger partial charge < -0.3 is 9.47 Å². The van der Waals surface area contributed by atoms with Gasteiger partial charge in [-0.05, 0) is 37.4 Å². The number of hydrogen-bond donors (Lipinski definition) is 0. The summed E-state index contributed by atoms with van der Waals surface area (Å²) in [4.78, 5) is 13.8. The first kappa shape index (κ1) is 16.0. The number of ether oxygens (including phenoxy) is 2. The van der Waals surface area contributed by atoms with E-state index in [1.54, 1.807) is 0 Å². The molecule has 0 fully saturated rings. The van der Waals surface area contributed by atoms with E-state index in [0.29, 0.717) is 13.2 Å². The van der Waals surface area contributed by atoms with Gasteiger partial charge in [-0.15, -0.1) is 0 Å². The summed E-state index contributed by atoms with van der Waals surface area (Å²) >= 11 is 0. The Morgan fingerprint density at radius 2 is 2.19 bits per heavy atom. The molecule has 0 bridgehead atoms. The van der Waals surface area contributed by atoms with Crippen LogP contribution in [0.4, 0.5) is 0 Å². The van der Waals surface area contributed by atoms with Crippen LogP contribution in [-0.4, -0.2) is 43.7 Å². The molecule has 21 heavy (non-hydrogen) atoms. The van der Waals surface area contributed by atoms with E-state index in [-0.39, 0.29) is 12.1 Å². The molecular weight excluding hydrogens is 266 g/mol. The Balaban J connectivity index is 2.02. The molecule has 0 radical (unpaired) electrons. The number of benzene rings is 1. The molecular formula is C17H25NO3. The second kappa shape index (κ2) is 8.15. The lowest BCUT2D eigenvalue weighted by atomic mass is 9.97. The zero-order chi connectivity index (χ0) is 15.1. The molecule has 4 nitrogen and oxygen atoms in total. The van der Waals surface area contributed by atoms with Crippen LogP contribution in [0.5, 0.6) is 0 Å². The molecule has 1 aromatic rings. The monoisotopic (exact) mass is 291 g/mol. The molecule has 0 N–H and O–H groups in total. The van der Waals surface area contributed by atoms with Gasteiger partial charge in [-0.1, -0.05) is 31.2 Å². The Hall–Kier alpha value is -1.39. The number of rotatable bonds is 7. The molecule has 1 aliphatic rings. The molecule has 1 unspecified atom stereocenters. The Morgan fingerprint density at radius 3 is 2.95 bits per heavy atom. The van der Waals surface area contributed by atoms with Gasteiger partial charge in [-0.3, -0.25) is 9.69 Å². The molecule has 0 aliphatic carbocycles. The number of nitrogens with zero attached hydrogens (tertiary/aromatic N) is 1. The number of fused-ring (bicyclic) bond motifs is 1. The van der Waals surface area contributed by atoms with Crippen LogP contribution in [0.25, 0.3) is 0 Å². The summed E-state index contributed by atoms with van der Waals surface area (Å²) in [6, 6.07) is 8.42. The van der Waals surface area contributed by atoms with Crippen LogP contribution in [0.3, 0.4) is 0 Å². The highest BCUT2D eigenvalue weighted by Gasteiger charge is 2.23. The van der Waals surface area contributed by atoms with Crippen molar-refractivity contribution in [2.24, 2.45) is 0 Å². The first-order valence-corrected chi connectivity index (χ1v) is 7.82. The van der Waals surface area contributed by atoms with E-state index in [4.69, 9.17) is 9.47 Å². The second-order valence-electron chi connectivity index (χ2n) is 5.35. The molecule has 0 spiro atoms. The third-order valence-corrected chi connectivity index (χ3v) is 3.71. The molecule has 0 aromatic heterocycles. The highest BCUT2D eigenvalue weighted by Crippen LogP contribution is 2.27. The fourth-order valence-electron chi connectivity index (χ4n) is 2.80. The third kappa shape index (κ3) is 4.55. The summed E-state index contributed by atoms with van der Waals surface area (Å²) in [6.45, 7) is 7.09. The van der Waals surface area contributed by atoms with Crippen molar-refractivity contribution in [1.29, 1.82) is 0 Å². The minimum Gasteiger partial charge on any atom is -0.465 e. The smallest absolute Gasteiger partial charge is 0.320 e. The van der Waals surface area contributed by atoms with E-state index >= 15 is 0 Å². The SMILES string of the molecule is CCCN(CC(=O)OCC)CC1OCCc2ccccc21. The number of hydrogen-bond acceptors (Lipinski definition) is 4. The lowest BCUT2D eigenvalue weighted by molar-refractivity contribution is -0.144. The van der Waals surface area contributed by atoms with Crippen molar-refractivity contribution in [2.45, 2.75) is 32.8 Å². The van der Waals surface area contributed by atoms with Gasteiger partial charge in [0.1, 0.15) is 0 Å². The maximum absolute atomic E-state index is 11.7. The first-order chi connectivity index (χ1) is 10.2. The molecule has 4 heteroatoms. The Kier molecular flexibility index (Phi) is 6.21.